The van der Waals surface area contributed by atoms with Crippen LogP contribution in [-0.2, 0) is 9.59 Å². The maximum absolute atomic E-state index is 13.3. The molecule has 4 aromatic rings. The van der Waals surface area contributed by atoms with Crippen LogP contribution in [-0.4, -0.2) is 37.2 Å². The van der Waals surface area contributed by atoms with Crippen molar-refractivity contribution >= 4 is 46.9 Å². The van der Waals surface area contributed by atoms with E-state index in [9.17, 15) is 14.4 Å². The van der Waals surface area contributed by atoms with E-state index in [-0.39, 0.29) is 11.6 Å². The first-order valence-electron chi connectivity index (χ1n) is 13.1. The number of ether oxygens (including phenoxy) is 2. The van der Waals surface area contributed by atoms with Crippen LogP contribution >= 0.6 is 11.8 Å². The second-order valence-electron chi connectivity index (χ2n) is 8.98. The van der Waals surface area contributed by atoms with Crippen LogP contribution in [0.5, 0.6) is 11.5 Å². The molecule has 3 amide bonds. The second kappa shape index (κ2) is 14.6. The number of benzene rings is 3. The van der Waals surface area contributed by atoms with Gasteiger partial charge in [0.1, 0.15) is 23.0 Å². The van der Waals surface area contributed by atoms with Gasteiger partial charge in [-0.3, -0.25) is 14.4 Å². The third-order valence-electron chi connectivity index (χ3n) is 6.01. The number of carbonyl (C=O) groups is 3. The molecule has 0 radical (unpaired) electrons. The third-order valence-corrected chi connectivity index (χ3v) is 7.37. The largest absolute Gasteiger partial charge is 0.497 e. The maximum atomic E-state index is 13.3. The summed E-state index contributed by atoms with van der Waals surface area (Å²) >= 11 is 1.37. The lowest BCUT2D eigenvalue weighted by Crippen LogP contribution is -2.30. The standard InChI is InChI=1S/C32H31N3O6S/c1-4-29(32(38)34-23-16-25(39-2)19-26(17-23)40-3)42-27-14-8-12-22(18-27)33-31(37)28(20-24-13-9-15-41-24)35-30(36)21-10-6-5-7-11-21/h5-20,29H,4H2,1-3H3,(H,33,37)(H,34,38)(H,35,36)/b28-20-. The van der Waals surface area contributed by atoms with Crippen LogP contribution in [0.15, 0.2) is 106 Å². The fourth-order valence-electron chi connectivity index (χ4n) is 3.89. The number of nitrogens with one attached hydrogen (secondary N) is 3. The zero-order valence-corrected chi connectivity index (χ0v) is 24.2. The van der Waals surface area contributed by atoms with Crippen molar-refractivity contribution in [3.05, 3.63) is 108 Å². The molecule has 216 valence electrons. The van der Waals surface area contributed by atoms with Crippen LogP contribution in [0.3, 0.4) is 0 Å². The molecule has 1 aromatic heterocycles. The zero-order chi connectivity index (χ0) is 29.9. The summed E-state index contributed by atoms with van der Waals surface area (Å²) in [6.45, 7) is 1.93. The van der Waals surface area contributed by atoms with Crippen molar-refractivity contribution in [2.24, 2.45) is 0 Å². The minimum atomic E-state index is -0.533. The monoisotopic (exact) mass is 585 g/mol. The average molecular weight is 586 g/mol. The molecule has 0 saturated carbocycles. The van der Waals surface area contributed by atoms with Crippen molar-refractivity contribution in [3.8, 4) is 11.5 Å². The number of hydrogen-bond acceptors (Lipinski definition) is 7. The summed E-state index contributed by atoms with van der Waals surface area (Å²) in [5.74, 6) is 0.388. The molecule has 0 bridgehead atoms. The molecule has 9 nitrogen and oxygen atoms in total. The quantitative estimate of drug-likeness (QED) is 0.133. The number of amides is 3. The smallest absolute Gasteiger partial charge is 0.272 e. The fraction of sp³-hybridized carbons (Fsp3) is 0.156. The minimum absolute atomic E-state index is 0.0105. The molecular formula is C32H31N3O6S. The van der Waals surface area contributed by atoms with Crippen molar-refractivity contribution in [1.82, 2.24) is 5.32 Å². The first-order valence-corrected chi connectivity index (χ1v) is 14.0. The molecule has 0 aliphatic carbocycles. The Kier molecular flexibility index (Phi) is 10.4. The summed E-state index contributed by atoms with van der Waals surface area (Å²) in [6, 6.07) is 24.3. The number of methoxy groups -OCH3 is 2. The van der Waals surface area contributed by atoms with Crippen molar-refractivity contribution in [3.63, 3.8) is 0 Å². The summed E-state index contributed by atoms with van der Waals surface area (Å²) < 4.78 is 15.9. The van der Waals surface area contributed by atoms with Gasteiger partial charge in [-0.15, -0.1) is 11.8 Å². The molecule has 0 saturated heterocycles. The molecule has 0 spiro atoms. The Hall–Kier alpha value is -4.96. The highest BCUT2D eigenvalue weighted by Crippen LogP contribution is 2.30. The molecule has 1 unspecified atom stereocenters. The molecule has 10 heteroatoms. The van der Waals surface area contributed by atoms with Gasteiger partial charge in [-0.25, -0.2) is 0 Å². The highest BCUT2D eigenvalue weighted by Gasteiger charge is 2.20. The van der Waals surface area contributed by atoms with Gasteiger partial charge in [-0.05, 0) is 48.9 Å². The van der Waals surface area contributed by atoms with Gasteiger partial charge in [-0.1, -0.05) is 31.2 Å². The molecule has 1 atom stereocenters. The van der Waals surface area contributed by atoms with Gasteiger partial charge in [0.05, 0.1) is 25.7 Å². The van der Waals surface area contributed by atoms with E-state index in [1.165, 1.54) is 24.1 Å². The van der Waals surface area contributed by atoms with E-state index in [0.717, 1.165) is 4.90 Å². The van der Waals surface area contributed by atoms with Crippen molar-refractivity contribution in [1.29, 1.82) is 0 Å². The van der Waals surface area contributed by atoms with Crippen molar-refractivity contribution < 1.29 is 28.3 Å². The number of furan rings is 1. The SMILES string of the molecule is CCC(Sc1cccc(NC(=O)/C(=C/c2ccco2)NC(=O)c2ccccc2)c1)C(=O)Nc1cc(OC)cc(OC)c1. The number of hydrogen-bond donors (Lipinski definition) is 3. The lowest BCUT2D eigenvalue weighted by atomic mass is 10.2. The molecule has 1 heterocycles. The Morgan fingerprint density at radius 3 is 2.24 bits per heavy atom. The Morgan fingerprint density at radius 1 is 0.857 bits per heavy atom. The lowest BCUT2D eigenvalue weighted by Gasteiger charge is -2.16. The first kappa shape index (κ1) is 30.0. The van der Waals surface area contributed by atoms with Crippen LogP contribution in [0.4, 0.5) is 11.4 Å². The van der Waals surface area contributed by atoms with Crippen LogP contribution < -0.4 is 25.4 Å². The molecular weight excluding hydrogens is 554 g/mol. The van der Waals surface area contributed by atoms with Gasteiger partial charge in [0.2, 0.25) is 5.91 Å². The van der Waals surface area contributed by atoms with E-state index in [4.69, 9.17) is 13.9 Å². The predicted molar refractivity (Wildman–Crippen MR) is 164 cm³/mol. The lowest BCUT2D eigenvalue weighted by molar-refractivity contribution is -0.116. The normalized spacial score (nSPS) is 11.7. The highest BCUT2D eigenvalue weighted by atomic mass is 32.2. The molecule has 42 heavy (non-hydrogen) atoms. The molecule has 0 aliphatic rings. The zero-order valence-electron chi connectivity index (χ0n) is 23.4. The minimum Gasteiger partial charge on any atom is -0.497 e. The first-order chi connectivity index (χ1) is 20.4. The number of rotatable bonds is 12. The van der Waals surface area contributed by atoms with Crippen LogP contribution in [0, 0.1) is 0 Å². The van der Waals surface area contributed by atoms with Crippen LogP contribution in [0.25, 0.3) is 6.08 Å². The summed E-state index contributed by atoms with van der Waals surface area (Å²) in [6.07, 6.45) is 3.50. The molecule has 0 fully saturated rings. The van der Waals surface area contributed by atoms with Gasteiger partial charge in [0.25, 0.3) is 11.8 Å². The maximum Gasteiger partial charge on any atom is 0.272 e. The number of anilines is 2. The Labute approximate surface area is 248 Å². The van der Waals surface area contributed by atoms with Gasteiger partial charge in [0.15, 0.2) is 0 Å². The van der Waals surface area contributed by atoms with Gasteiger partial charge >= 0.3 is 0 Å². The van der Waals surface area contributed by atoms with E-state index < -0.39 is 17.1 Å². The van der Waals surface area contributed by atoms with E-state index in [0.29, 0.717) is 40.6 Å². The predicted octanol–water partition coefficient (Wildman–Crippen LogP) is 6.22. The third kappa shape index (κ3) is 8.28. The van der Waals surface area contributed by atoms with Crippen molar-refractivity contribution in [2.45, 2.75) is 23.5 Å². The van der Waals surface area contributed by atoms with E-state index in [2.05, 4.69) is 16.0 Å². The molecule has 0 aliphatic heterocycles. The van der Waals surface area contributed by atoms with E-state index >= 15 is 0 Å². The fourth-order valence-corrected chi connectivity index (χ4v) is 4.91. The Morgan fingerprint density at radius 2 is 1.60 bits per heavy atom. The summed E-state index contributed by atoms with van der Waals surface area (Å²) in [5.41, 5.74) is 1.48. The summed E-state index contributed by atoms with van der Waals surface area (Å²) in [4.78, 5) is 40.0. The highest BCUT2D eigenvalue weighted by molar-refractivity contribution is 8.00. The molecule has 3 N–H and O–H groups in total. The molecule has 3 aromatic carbocycles. The summed E-state index contributed by atoms with van der Waals surface area (Å²) in [7, 11) is 3.09. The van der Waals surface area contributed by atoms with Crippen LogP contribution in [0.1, 0.15) is 29.5 Å². The van der Waals surface area contributed by atoms with Gasteiger partial charge in [0, 0.05) is 46.1 Å². The van der Waals surface area contributed by atoms with E-state index in [1.54, 1.807) is 93.1 Å². The van der Waals surface area contributed by atoms with Crippen molar-refractivity contribution in [2.75, 3.05) is 24.9 Å². The van der Waals surface area contributed by atoms with Crippen LogP contribution in [0.2, 0.25) is 0 Å². The Balaban J connectivity index is 1.46. The number of carbonyl (C=O) groups excluding carboxylic acids is 3. The van der Waals surface area contributed by atoms with E-state index in [1.807, 2.05) is 13.0 Å². The summed E-state index contributed by atoms with van der Waals surface area (Å²) in [5, 5.41) is 8.03. The van der Waals surface area contributed by atoms with Gasteiger partial charge in [-0.2, -0.15) is 0 Å². The van der Waals surface area contributed by atoms with Gasteiger partial charge < -0.3 is 29.8 Å². The second-order valence-corrected chi connectivity index (χ2v) is 10.3. The average Bonchev–Trinajstić information content (AvgIpc) is 3.53. The number of thioether (sulfide) groups is 1. The Bertz CT molecular complexity index is 1530. The topological polar surface area (TPSA) is 119 Å². The molecule has 4 rings (SSSR count).